The molecule has 0 bridgehead atoms. The zero-order valence-corrected chi connectivity index (χ0v) is 11.5. The summed E-state index contributed by atoms with van der Waals surface area (Å²) >= 11 is 0. The van der Waals surface area contributed by atoms with Gasteiger partial charge in [0.2, 0.25) is 0 Å². The lowest BCUT2D eigenvalue weighted by atomic mass is 9.80. The summed E-state index contributed by atoms with van der Waals surface area (Å²) in [5.74, 6) is 0. The van der Waals surface area contributed by atoms with Crippen LogP contribution in [0.1, 0.15) is 52.4 Å². The first-order valence-electron chi connectivity index (χ1n) is 7.14. The van der Waals surface area contributed by atoms with Gasteiger partial charge in [-0.15, -0.1) is 0 Å². The predicted molar refractivity (Wildman–Crippen MR) is 71.1 cm³/mol. The van der Waals surface area contributed by atoms with Crippen LogP contribution in [0.4, 0.5) is 0 Å². The quantitative estimate of drug-likeness (QED) is 0.821. The van der Waals surface area contributed by atoms with Crippen LogP contribution in [0.2, 0.25) is 0 Å². The second kappa shape index (κ2) is 5.25. The Hall–Kier alpha value is -0.120. The molecule has 0 aromatic rings. The standard InChI is InChI=1S/C14H28N2O/c1-13(2)12-16(10-11-17-13)9-8-14(15)6-4-3-5-7-14/h3-12,15H2,1-2H3. The van der Waals surface area contributed by atoms with Crippen molar-refractivity contribution >= 4 is 0 Å². The van der Waals surface area contributed by atoms with Crippen LogP contribution in [0.5, 0.6) is 0 Å². The highest BCUT2D eigenvalue weighted by molar-refractivity contribution is 4.89. The van der Waals surface area contributed by atoms with E-state index in [1.54, 1.807) is 0 Å². The molecular formula is C14H28N2O. The third-order valence-corrected chi connectivity index (χ3v) is 4.28. The van der Waals surface area contributed by atoms with Gasteiger partial charge in [-0.2, -0.15) is 0 Å². The molecular weight excluding hydrogens is 212 g/mol. The molecule has 3 heteroatoms. The number of hydrogen-bond acceptors (Lipinski definition) is 3. The van der Waals surface area contributed by atoms with E-state index in [0.717, 1.165) is 32.7 Å². The van der Waals surface area contributed by atoms with Crippen LogP contribution in [0, 0.1) is 0 Å². The summed E-state index contributed by atoms with van der Waals surface area (Å²) < 4.78 is 5.74. The summed E-state index contributed by atoms with van der Waals surface area (Å²) in [7, 11) is 0. The van der Waals surface area contributed by atoms with E-state index >= 15 is 0 Å². The summed E-state index contributed by atoms with van der Waals surface area (Å²) in [6.07, 6.45) is 7.63. The van der Waals surface area contributed by atoms with Crippen molar-refractivity contribution in [3.63, 3.8) is 0 Å². The number of nitrogens with two attached hydrogens (primary N) is 1. The van der Waals surface area contributed by atoms with Gasteiger partial charge in [0.25, 0.3) is 0 Å². The van der Waals surface area contributed by atoms with Gasteiger partial charge in [-0.1, -0.05) is 19.3 Å². The van der Waals surface area contributed by atoms with Crippen LogP contribution in [-0.2, 0) is 4.74 Å². The molecule has 0 spiro atoms. The summed E-state index contributed by atoms with van der Waals surface area (Å²) in [5.41, 5.74) is 6.63. The maximum absolute atomic E-state index is 6.49. The lowest BCUT2D eigenvalue weighted by molar-refractivity contribution is -0.0873. The SMILES string of the molecule is CC1(C)CN(CCC2(N)CCCCC2)CCO1. The Bertz CT molecular complexity index is 247. The number of rotatable bonds is 3. The van der Waals surface area contributed by atoms with E-state index in [2.05, 4.69) is 18.7 Å². The molecule has 1 aliphatic carbocycles. The highest BCUT2D eigenvalue weighted by atomic mass is 16.5. The molecule has 2 N–H and O–H groups in total. The molecule has 1 aliphatic heterocycles. The van der Waals surface area contributed by atoms with E-state index in [4.69, 9.17) is 10.5 Å². The second-order valence-corrected chi connectivity index (χ2v) is 6.56. The minimum absolute atomic E-state index is 0.0204. The van der Waals surface area contributed by atoms with Crippen LogP contribution in [0.3, 0.4) is 0 Å². The van der Waals surface area contributed by atoms with Crippen LogP contribution in [0.15, 0.2) is 0 Å². The molecule has 0 radical (unpaired) electrons. The smallest absolute Gasteiger partial charge is 0.0753 e. The Morgan fingerprint density at radius 3 is 2.53 bits per heavy atom. The van der Waals surface area contributed by atoms with E-state index in [0.29, 0.717) is 0 Å². The molecule has 2 rings (SSSR count). The van der Waals surface area contributed by atoms with Crippen molar-refractivity contribution in [2.45, 2.75) is 63.5 Å². The zero-order chi connectivity index (χ0) is 12.4. The van der Waals surface area contributed by atoms with Crippen LogP contribution < -0.4 is 5.73 Å². The normalized spacial score (nSPS) is 29.1. The van der Waals surface area contributed by atoms with Crippen molar-refractivity contribution in [3.05, 3.63) is 0 Å². The van der Waals surface area contributed by atoms with E-state index in [1.807, 2.05) is 0 Å². The Balaban J connectivity index is 1.77. The van der Waals surface area contributed by atoms with Gasteiger partial charge in [0, 0.05) is 25.2 Å². The van der Waals surface area contributed by atoms with Crippen molar-refractivity contribution < 1.29 is 4.74 Å². The summed E-state index contributed by atoms with van der Waals surface area (Å²) in [4.78, 5) is 2.52. The third-order valence-electron chi connectivity index (χ3n) is 4.28. The molecule has 3 nitrogen and oxygen atoms in total. The molecule has 0 aromatic heterocycles. The molecule has 2 aliphatic rings. The highest BCUT2D eigenvalue weighted by Crippen LogP contribution is 2.29. The maximum atomic E-state index is 6.49. The third kappa shape index (κ3) is 3.94. The van der Waals surface area contributed by atoms with Gasteiger partial charge < -0.3 is 10.5 Å². The first kappa shape index (κ1) is 13.3. The topological polar surface area (TPSA) is 38.5 Å². The number of ether oxygens (including phenoxy) is 1. The van der Waals surface area contributed by atoms with Gasteiger partial charge in [-0.25, -0.2) is 0 Å². The Morgan fingerprint density at radius 1 is 1.18 bits per heavy atom. The highest BCUT2D eigenvalue weighted by Gasteiger charge is 2.31. The van der Waals surface area contributed by atoms with Gasteiger partial charge in [-0.05, 0) is 33.1 Å². The molecule has 0 aromatic carbocycles. The molecule has 1 saturated heterocycles. The number of nitrogens with zero attached hydrogens (tertiary/aromatic N) is 1. The predicted octanol–water partition coefficient (Wildman–Crippen LogP) is 2.15. The Morgan fingerprint density at radius 2 is 1.88 bits per heavy atom. The van der Waals surface area contributed by atoms with E-state index in [1.165, 1.54) is 32.1 Å². The van der Waals surface area contributed by atoms with Crippen molar-refractivity contribution in [3.8, 4) is 0 Å². The van der Waals surface area contributed by atoms with Crippen molar-refractivity contribution in [2.24, 2.45) is 5.73 Å². The van der Waals surface area contributed by atoms with E-state index in [-0.39, 0.29) is 11.1 Å². The summed E-state index contributed by atoms with van der Waals surface area (Å²) in [5, 5.41) is 0. The van der Waals surface area contributed by atoms with Crippen molar-refractivity contribution in [2.75, 3.05) is 26.2 Å². The van der Waals surface area contributed by atoms with Gasteiger partial charge in [0.1, 0.15) is 0 Å². The van der Waals surface area contributed by atoms with Crippen molar-refractivity contribution in [1.29, 1.82) is 0 Å². The van der Waals surface area contributed by atoms with Gasteiger partial charge in [0.05, 0.1) is 12.2 Å². The van der Waals surface area contributed by atoms with Crippen LogP contribution in [0.25, 0.3) is 0 Å². The van der Waals surface area contributed by atoms with Crippen LogP contribution in [-0.4, -0.2) is 42.3 Å². The first-order valence-corrected chi connectivity index (χ1v) is 7.14. The van der Waals surface area contributed by atoms with Gasteiger partial charge >= 0.3 is 0 Å². The lowest BCUT2D eigenvalue weighted by Crippen LogP contribution is -2.51. The Labute approximate surface area is 106 Å². The molecule has 1 saturated carbocycles. The fourth-order valence-corrected chi connectivity index (χ4v) is 3.19. The average Bonchev–Trinajstić information content (AvgIpc) is 2.26. The first-order chi connectivity index (χ1) is 7.99. The maximum Gasteiger partial charge on any atom is 0.0753 e. The molecule has 100 valence electrons. The van der Waals surface area contributed by atoms with E-state index in [9.17, 15) is 0 Å². The van der Waals surface area contributed by atoms with Gasteiger partial charge in [0.15, 0.2) is 0 Å². The Kier molecular flexibility index (Phi) is 4.11. The van der Waals surface area contributed by atoms with Crippen molar-refractivity contribution in [1.82, 2.24) is 4.90 Å². The van der Waals surface area contributed by atoms with E-state index < -0.39 is 0 Å². The number of hydrogen-bond donors (Lipinski definition) is 1. The summed E-state index contributed by atoms with van der Waals surface area (Å²) in [6.45, 7) is 8.48. The lowest BCUT2D eigenvalue weighted by Gasteiger charge is -2.40. The fraction of sp³-hybridized carbons (Fsp3) is 1.00. The molecule has 0 atom stereocenters. The molecule has 1 heterocycles. The zero-order valence-electron chi connectivity index (χ0n) is 11.5. The molecule has 17 heavy (non-hydrogen) atoms. The average molecular weight is 240 g/mol. The second-order valence-electron chi connectivity index (χ2n) is 6.56. The van der Waals surface area contributed by atoms with Crippen LogP contribution >= 0.6 is 0 Å². The largest absolute Gasteiger partial charge is 0.373 e. The molecule has 2 fully saturated rings. The monoisotopic (exact) mass is 240 g/mol. The number of morpholine rings is 1. The molecule has 0 unspecified atom stereocenters. The summed E-state index contributed by atoms with van der Waals surface area (Å²) in [6, 6.07) is 0. The minimum Gasteiger partial charge on any atom is -0.373 e. The minimum atomic E-state index is 0.0204. The fourth-order valence-electron chi connectivity index (χ4n) is 3.19. The van der Waals surface area contributed by atoms with Gasteiger partial charge in [-0.3, -0.25) is 4.90 Å². The molecule has 0 amide bonds.